The van der Waals surface area contributed by atoms with Gasteiger partial charge in [0.25, 0.3) is 0 Å². The zero-order valence-electron chi connectivity index (χ0n) is 5.55. The lowest BCUT2D eigenvalue weighted by molar-refractivity contribution is 0.314. The Morgan fingerprint density at radius 2 is 2.12 bits per heavy atom. The molecule has 0 aromatic heterocycles. The first-order valence-corrected chi connectivity index (χ1v) is 2.49. The minimum atomic E-state index is 0.719. The summed E-state index contributed by atoms with van der Waals surface area (Å²) >= 11 is 0. The van der Waals surface area contributed by atoms with Crippen LogP contribution in [0.4, 0.5) is 0 Å². The molecule has 0 unspecified atom stereocenters. The number of rotatable bonds is 2. The molecule has 0 aliphatic heterocycles. The molecule has 48 valence electrons. The molecule has 0 fully saturated rings. The summed E-state index contributed by atoms with van der Waals surface area (Å²) in [5.41, 5.74) is 0.731. The van der Waals surface area contributed by atoms with Gasteiger partial charge in [-0.25, -0.2) is 0 Å². The van der Waals surface area contributed by atoms with Crippen molar-refractivity contribution in [1.82, 2.24) is 4.90 Å². The molecule has 0 spiro atoms. The largest absolute Gasteiger partial charge is 0.411 e. The molecule has 0 atom stereocenters. The van der Waals surface area contributed by atoms with Crippen LogP contribution in [0, 0.1) is 0 Å². The van der Waals surface area contributed by atoms with Crippen LogP contribution in [0.1, 0.15) is 6.92 Å². The highest BCUT2D eigenvalue weighted by Crippen LogP contribution is 1.77. The van der Waals surface area contributed by atoms with Crippen molar-refractivity contribution in [3.8, 4) is 0 Å². The van der Waals surface area contributed by atoms with Crippen molar-refractivity contribution >= 4 is 5.71 Å². The molecule has 0 aliphatic rings. The van der Waals surface area contributed by atoms with Crippen LogP contribution in [0.5, 0.6) is 0 Å². The van der Waals surface area contributed by atoms with E-state index in [9.17, 15) is 0 Å². The highest BCUT2D eigenvalue weighted by molar-refractivity contribution is 5.83. The second-order valence-corrected chi connectivity index (χ2v) is 2.07. The van der Waals surface area contributed by atoms with E-state index >= 15 is 0 Å². The molecule has 0 radical (unpaired) electrons. The summed E-state index contributed by atoms with van der Waals surface area (Å²) in [6.45, 7) is 2.50. The predicted molar refractivity (Wildman–Crippen MR) is 33.4 cm³/mol. The molecule has 0 bridgehead atoms. The fraction of sp³-hybridized carbons (Fsp3) is 0.800. The predicted octanol–water partition coefficient (Wildman–Crippen LogP) is 0.398. The second-order valence-electron chi connectivity index (χ2n) is 2.07. The van der Waals surface area contributed by atoms with Crippen LogP contribution in [-0.2, 0) is 0 Å². The Morgan fingerprint density at radius 3 is 2.25 bits per heavy atom. The van der Waals surface area contributed by atoms with E-state index in [1.807, 2.05) is 19.0 Å². The van der Waals surface area contributed by atoms with Gasteiger partial charge >= 0.3 is 0 Å². The molecular formula is C5H12N2O. The van der Waals surface area contributed by atoms with Gasteiger partial charge in [0.15, 0.2) is 0 Å². The molecule has 0 saturated carbocycles. The maximum absolute atomic E-state index is 8.14. The van der Waals surface area contributed by atoms with E-state index in [0.717, 1.165) is 12.3 Å². The number of oxime groups is 1. The van der Waals surface area contributed by atoms with E-state index in [2.05, 4.69) is 5.16 Å². The molecule has 0 rings (SSSR count). The van der Waals surface area contributed by atoms with Crippen LogP contribution in [0.3, 0.4) is 0 Å². The number of hydrogen-bond donors (Lipinski definition) is 1. The second kappa shape index (κ2) is 3.43. The summed E-state index contributed by atoms with van der Waals surface area (Å²) < 4.78 is 0. The van der Waals surface area contributed by atoms with Gasteiger partial charge in [-0.15, -0.1) is 0 Å². The molecule has 3 heteroatoms. The van der Waals surface area contributed by atoms with Crippen LogP contribution in [-0.4, -0.2) is 36.5 Å². The molecule has 8 heavy (non-hydrogen) atoms. The Kier molecular flexibility index (Phi) is 3.19. The van der Waals surface area contributed by atoms with Gasteiger partial charge in [0.05, 0.1) is 5.71 Å². The van der Waals surface area contributed by atoms with E-state index in [1.54, 1.807) is 6.92 Å². The monoisotopic (exact) mass is 116 g/mol. The maximum atomic E-state index is 8.14. The first-order valence-electron chi connectivity index (χ1n) is 2.49. The third kappa shape index (κ3) is 3.61. The van der Waals surface area contributed by atoms with Crippen LogP contribution in [0.2, 0.25) is 0 Å². The lowest BCUT2D eigenvalue weighted by Crippen LogP contribution is -2.19. The molecule has 0 amide bonds. The number of nitrogens with zero attached hydrogens (tertiary/aromatic N) is 2. The molecule has 0 saturated heterocycles. The first-order chi connectivity index (χ1) is 3.66. The van der Waals surface area contributed by atoms with Gasteiger partial charge in [0.2, 0.25) is 0 Å². The SMILES string of the molecule is C/C(CN(C)C)=N/O. The fourth-order valence-corrected chi connectivity index (χ4v) is 0.489. The van der Waals surface area contributed by atoms with Gasteiger partial charge in [0, 0.05) is 6.54 Å². The van der Waals surface area contributed by atoms with Gasteiger partial charge in [-0.1, -0.05) is 5.16 Å². The normalized spacial score (nSPS) is 12.8. The van der Waals surface area contributed by atoms with Crippen molar-refractivity contribution in [3.63, 3.8) is 0 Å². The highest BCUT2D eigenvalue weighted by atomic mass is 16.4. The fourth-order valence-electron chi connectivity index (χ4n) is 0.489. The van der Waals surface area contributed by atoms with Crippen LogP contribution < -0.4 is 0 Å². The van der Waals surface area contributed by atoms with Crippen molar-refractivity contribution < 1.29 is 5.21 Å². The summed E-state index contributed by atoms with van der Waals surface area (Å²) in [6, 6.07) is 0. The van der Waals surface area contributed by atoms with Crippen LogP contribution in [0.15, 0.2) is 5.16 Å². The Labute approximate surface area is 49.6 Å². The average Bonchev–Trinajstić information content (AvgIpc) is 1.65. The van der Waals surface area contributed by atoms with E-state index in [0.29, 0.717) is 0 Å². The zero-order valence-corrected chi connectivity index (χ0v) is 5.55. The molecule has 0 heterocycles. The lowest BCUT2D eigenvalue weighted by atomic mass is 10.4. The summed E-state index contributed by atoms with van der Waals surface area (Å²) in [5.74, 6) is 0. The number of hydrogen-bond acceptors (Lipinski definition) is 3. The lowest BCUT2D eigenvalue weighted by Gasteiger charge is -2.05. The van der Waals surface area contributed by atoms with E-state index in [-0.39, 0.29) is 0 Å². The van der Waals surface area contributed by atoms with E-state index < -0.39 is 0 Å². The molecule has 3 nitrogen and oxygen atoms in total. The minimum absolute atomic E-state index is 0.719. The maximum Gasteiger partial charge on any atom is 0.0679 e. The van der Waals surface area contributed by atoms with Gasteiger partial charge in [-0.2, -0.15) is 0 Å². The van der Waals surface area contributed by atoms with Gasteiger partial charge < -0.3 is 10.1 Å². The van der Waals surface area contributed by atoms with Gasteiger partial charge in [-0.3, -0.25) is 0 Å². The smallest absolute Gasteiger partial charge is 0.0679 e. The van der Waals surface area contributed by atoms with Crippen molar-refractivity contribution in [1.29, 1.82) is 0 Å². The van der Waals surface area contributed by atoms with Gasteiger partial charge in [0.1, 0.15) is 0 Å². The standard InChI is InChI=1S/C5H12N2O/c1-5(6-8)4-7(2)3/h8H,4H2,1-3H3/b6-5-. The first kappa shape index (κ1) is 7.43. The average molecular weight is 116 g/mol. The van der Waals surface area contributed by atoms with Crippen molar-refractivity contribution in [2.24, 2.45) is 5.16 Å². The summed E-state index contributed by atoms with van der Waals surface area (Å²) in [6.07, 6.45) is 0. The quantitative estimate of drug-likeness (QED) is 0.322. The van der Waals surface area contributed by atoms with Crippen molar-refractivity contribution in [3.05, 3.63) is 0 Å². The van der Waals surface area contributed by atoms with E-state index in [1.165, 1.54) is 0 Å². The summed E-state index contributed by atoms with van der Waals surface area (Å²) in [7, 11) is 3.85. The molecule has 0 aromatic carbocycles. The summed E-state index contributed by atoms with van der Waals surface area (Å²) in [4.78, 5) is 1.94. The minimum Gasteiger partial charge on any atom is -0.411 e. The highest BCUT2D eigenvalue weighted by Gasteiger charge is 1.91. The third-order valence-electron chi connectivity index (χ3n) is 0.716. The molecule has 0 aromatic rings. The topological polar surface area (TPSA) is 35.8 Å². The Morgan fingerprint density at radius 1 is 1.62 bits per heavy atom. The summed E-state index contributed by atoms with van der Waals surface area (Å²) in [5, 5.41) is 11.1. The Hall–Kier alpha value is -0.570. The van der Waals surface area contributed by atoms with E-state index in [4.69, 9.17) is 5.21 Å². The van der Waals surface area contributed by atoms with Crippen LogP contribution in [0.25, 0.3) is 0 Å². The molecule has 1 N–H and O–H groups in total. The van der Waals surface area contributed by atoms with Crippen molar-refractivity contribution in [2.45, 2.75) is 6.92 Å². The zero-order chi connectivity index (χ0) is 6.57. The van der Waals surface area contributed by atoms with Gasteiger partial charge in [-0.05, 0) is 21.0 Å². The van der Waals surface area contributed by atoms with Crippen molar-refractivity contribution in [2.75, 3.05) is 20.6 Å². The Bertz CT molecular complexity index is 88.4. The molecule has 0 aliphatic carbocycles. The Balaban J connectivity index is 3.39. The molecular weight excluding hydrogens is 104 g/mol. The third-order valence-corrected chi connectivity index (χ3v) is 0.716. The van der Waals surface area contributed by atoms with Crippen LogP contribution >= 0.6 is 0 Å².